The van der Waals surface area contributed by atoms with E-state index in [1.807, 2.05) is 0 Å². The Morgan fingerprint density at radius 1 is 1.23 bits per heavy atom. The fourth-order valence-corrected chi connectivity index (χ4v) is 4.30. The minimum absolute atomic E-state index is 0.0654. The second-order valence-electron chi connectivity index (χ2n) is 6.77. The zero-order chi connectivity index (χ0) is 18.6. The van der Waals surface area contributed by atoms with Gasteiger partial charge in [0.2, 0.25) is 0 Å². The Morgan fingerprint density at radius 2 is 2.00 bits per heavy atom. The molecule has 0 saturated carbocycles. The lowest BCUT2D eigenvalue weighted by atomic mass is 9.75. The standard InChI is InChI=1S/C20H20N2O4/c1-22-5-4-11-13(9-21)19(24)20(26-3)18-12-8-16(25-2)15(23)7-10(12)6-14(22)17(11)18/h7-8,14,23-24H,4-6H2,1-3H3. The number of methoxy groups -OCH3 is 2. The van der Waals surface area contributed by atoms with E-state index in [1.165, 1.54) is 14.2 Å². The van der Waals surface area contributed by atoms with Crippen molar-refractivity contribution < 1.29 is 19.7 Å². The summed E-state index contributed by atoms with van der Waals surface area (Å²) in [4.78, 5) is 2.24. The molecule has 1 unspecified atom stereocenters. The number of nitriles is 1. The molecule has 0 spiro atoms. The number of likely N-dealkylation sites (N-methyl/N-ethyl adjacent to an activating group) is 1. The van der Waals surface area contributed by atoms with Gasteiger partial charge in [-0.25, -0.2) is 0 Å². The van der Waals surface area contributed by atoms with Gasteiger partial charge in [-0.15, -0.1) is 0 Å². The molecule has 0 saturated heterocycles. The van der Waals surface area contributed by atoms with Crippen molar-refractivity contribution in [1.82, 2.24) is 4.90 Å². The average molecular weight is 352 g/mol. The van der Waals surface area contributed by atoms with Crippen LogP contribution in [-0.2, 0) is 12.8 Å². The van der Waals surface area contributed by atoms with Gasteiger partial charge in [0, 0.05) is 18.2 Å². The zero-order valence-corrected chi connectivity index (χ0v) is 15.0. The van der Waals surface area contributed by atoms with Crippen LogP contribution in [0, 0.1) is 11.3 Å². The highest BCUT2D eigenvalue weighted by Crippen LogP contribution is 2.54. The molecule has 2 aromatic carbocycles. The van der Waals surface area contributed by atoms with Crippen LogP contribution >= 0.6 is 0 Å². The van der Waals surface area contributed by atoms with E-state index in [0.717, 1.165) is 34.4 Å². The molecule has 1 atom stereocenters. The second kappa shape index (κ2) is 5.82. The van der Waals surface area contributed by atoms with Crippen LogP contribution in [0.4, 0.5) is 0 Å². The van der Waals surface area contributed by atoms with Gasteiger partial charge in [-0.2, -0.15) is 5.26 Å². The first-order chi connectivity index (χ1) is 12.5. The first-order valence-electron chi connectivity index (χ1n) is 8.48. The monoisotopic (exact) mass is 352 g/mol. The lowest BCUT2D eigenvalue weighted by molar-refractivity contribution is 0.226. The van der Waals surface area contributed by atoms with E-state index >= 15 is 0 Å². The lowest BCUT2D eigenvalue weighted by Gasteiger charge is -2.40. The predicted molar refractivity (Wildman–Crippen MR) is 95.8 cm³/mol. The molecule has 2 aliphatic rings. The number of aromatic hydroxyl groups is 2. The van der Waals surface area contributed by atoms with E-state index in [4.69, 9.17) is 9.47 Å². The third kappa shape index (κ3) is 2.07. The summed E-state index contributed by atoms with van der Waals surface area (Å²) in [5.41, 5.74) is 4.83. The number of rotatable bonds is 2. The van der Waals surface area contributed by atoms with Gasteiger partial charge in [-0.3, -0.25) is 4.90 Å². The highest BCUT2D eigenvalue weighted by molar-refractivity contribution is 5.86. The Hall–Kier alpha value is -2.91. The molecule has 2 aromatic rings. The van der Waals surface area contributed by atoms with Crippen molar-refractivity contribution in [2.24, 2.45) is 0 Å². The van der Waals surface area contributed by atoms with Crippen molar-refractivity contribution in [2.45, 2.75) is 18.9 Å². The Kier molecular flexibility index (Phi) is 3.70. The lowest BCUT2D eigenvalue weighted by Crippen LogP contribution is -2.36. The van der Waals surface area contributed by atoms with Gasteiger partial charge in [-0.05, 0) is 54.3 Å². The highest BCUT2D eigenvalue weighted by Gasteiger charge is 2.38. The van der Waals surface area contributed by atoms with E-state index in [-0.39, 0.29) is 17.5 Å². The van der Waals surface area contributed by atoms with Crippen LogP contribution in [-0.4, -0.2) is 42.9 Å². The van der Waals surface area contributed by atoms with Crippen LogP contribution in [0.2, 0.25) is 0 Å². The Bertz CT molecular complexity index is 962. The maximum Gasteiger partial charge on any atom is 0.176 e. The van der Waals surface area contributed by atoms with Crippen molar-refractivity contribution in [1.29, 1.82) is 5.26 Å². The van der Waals surface area contributed by atoms with Gasteiger partial charge in [0.1, 0.15) is 11.6 Å². The minimum Gasteiger partial charge on any atom is -0.504 e. The molecule has 134 valence electrons. The van der Waals surface area contributed by atoms with Crippen molar-refractivity contribution in [3.8, 4) is 40.2 Å². The van der Waals surface area contributed by atoms with E-state index in [1.54, 1.807) is 12.1 Å². The number of fused-ring (bicyclic) bond motifs is 2. The van der Waals surface area contributed by atoms with Gasteiger partial charge < -0.3 is 19.7 Å². The summed E-state index contributed by atoms with van der Waals surface area (Å²) in [6.45, 7) is 0.801. The van der Waals surface area contributed by atoms with Crippen LogP contribution in [0.5, 0.6) is 23.0 Å². The topological polar surface area (TPSA) is 86.0 Å². The number of ether oxygens (including phenoxy) is 2. The quantitative estimate of drug-likeness (QED) is 0.864. The van der Waals surface area contributed by atoms with Gasteiger partial charge in [-0.1, -0.05) is 0 Å². The van der Waals surface area contributed by atoms with Crippen LogP contribution in [0.15, 0.2) is 12.1 Å². The van der Waals surface area contributed by atoms with Crippen LogP contribution < -0.4 is 9.47 Å². The molecule has 0 bridgehead atoms. The molecule has 2 N–H and O–H groups in total. The summed E-state index contributed by atoms with van der Waals surface area (Å²) in [7, 11) is 5.05. The summed E-state index contributed by atoms with van der Waals surface area (Å²) in [6.07, 6.45) is 1.41. The molecular formula is C20H20N2O4. The summed E-state index contributed by atoms with van der Waals surface area (Å²) in [6, 6.07) is 5.71. The molecule has 26 heavy (non-hydrogen) atoms. The number of nitrogens with zero attached hydrogens (tertiary/aromatic N) is 2. The van der Waals surface area contributed by atoms with Gasteiger partial charge in [0.05, 0.1) is 14.2 Å². The first-order valence-corrected chi connectivity index (χ1v) is 8.48. The second-order valence-corrected chi connectivity index (χ2v) is 6.77. The van der Waals surface area contributed by atoms with Crippen LogP contribution in [0.25, 0.3) is 11.1 Å². The van der Waals surface area contributed by atoms with Gasteiger partial charge >= 0.3 is 0 Å². The molecule has 0 radical (unpaired) electrons. The molecular weight excluding hydrogens is 332 g/mol. The number of benzene rings is 2. The van der Waals surface area contributed by atoms with E-state index < -0.39 is 0 Å². The van der Waals surface area contributed by atoms with Crippen molar-refractivity contribution >= 4 is 0 Å². The molecule has 0 amide bonds. The first kappa shape index (κ1) is 16.6. The van der Waals surface area contributed by atoms with Crippen LogP contribution in [0.1, 0.15) is 28.3 Å². The molecule has 0 aromatic heterocycles. The maximum absolute atomic E-state index is 10.7. The van der Waals surface area contributed by atoms with E-state index in [0.29, 0.717) is 29.9 Å². The van der Waals surface area contributed by atoms with Gasteiger partial charge in [0.25, 0.3) is 0 Å². The third-order valence-electron chi connectivity index (χ3n) is 5.56. The minimum atomic E-state index is -0.119. The molecule has 6 heteroatoms. The van der Waals surface area contributed by atoms with Gasteiger partial charge in [0.15, 0.2) is 23.0 Å². The van der Waals surface area contributed by atoms with E-state index in [9.17, 15) is 15.5 Å². The Morgan fingerprint density at radius 3 is 2.65 bits per heavy atom. The van der Waals surface area contributed by atoms with E-state index in [2.05, 4.69) is 18.0 Å². The Labute approximate surface area is 151 Å². The summed E-state index contributed by atoms with van der Waals surface area (Å²) < 4.78 is 10.8. The molecule has 1 aliphatic heterocycles. The highest BCUT2D eigenvalue weighted by atomic mass is 16.5. The number of phenols is 2. The molecule has 6 nitrogen and oxygen atoms in total. The summed E-state index contributed by atoms with van der Waals surface area (Å²) in [5.74, 6) is 0.637. The molecule has 1 aliphatic carbocycles. The third-order valence-corrected chi connectivity index (χ3v) is 5.56. The van der Waals surface area contributed by atoms with Crippen molar-refractivity contribution in [3.05, 3.63) is 34.4 Å². The Balaban J connectivity index is 2.14. The zero-order valence-electron chi connectivity index (χ0n) is 15.0. The molecule has 4 rings (SSSR count). The largest absolute Gasteiger partial charge is 0.504 e. The summed E-state index contributed by atoms with van der Waals surface area (Å²) in [5, 5.41) is 30.5. The van der Waals surface area contributed by atoms with Crippen molar-refractivity contribution in [3.63, 3.8) is 0 Å². The number of hydrogen-bond acceptors (Lipinski definition) is 6. The maximum atomic E-state index is 10.7. The number of phenolic OH excluding ortho intramolecular Hbond substituents is 2. The van der Waals surface area contributed by atoms with Crippen molar-refractivity contribution in [2.75, 3.05) is 27.8 Å². The fraction of sp³-hybridized carbons (Fsp3) is 0.350. The SMILES string of the molecule is COc1cc2c(cc1O)CC1c3c(c(C#N)c(O)c(OC)c3-2)CCN1C. The average Bonchev–Trinajstić information content (AvgIpc) is 2.63. The summed E-state index contributed by atoms with van der Waals surface area (Å²) >= 11 is 0. The fourth-order valence-electron chi connectivity index (χ4n) is 4.30. The number of hydrogen-bond donors (Lipinski definition) is 2. The normalized spacial score (nSPS) is 17.8. The predicted octanol–water partition coefficient (Wildman–Crippen LogP) is 2.74. The van der Waals surface area contributed by atoms with Crippen LogP contribution in [0.3, 0.4) is 0 Å². The molecule has 0 fully saturated rings. The smallest absolute Gasteiger partial charge is 0.176 e. The molecule has 1 heterocycles.